The molecule has 1 fully saturated rings. The Bertz CT molecular complexity index is 184. The van der Waals surface area contributed by atoms with Gasteiger partial charge in [0.2, 0.25) is 5.91 Å². The number of carbonyl (C=O) groups excluding carboxylic acids is 1. The van der Waals surface area contributed by atoms with Gasteiger partial charge in [0, 0.05) is 7.11 Å². The molecule has 0 saturated heterocycles. The third-order valence-corrected chi connectivity index (χ3v) is 2.64. The maximum atomic E-state index is 11.3. The van der Waals surface area contributed by atoms with Crippen molar-refractivity contribution in [3.63, 3.8) is 0 Å². The first-order valence-corrected chi connectivity index (χ1v) is 5.06. The van der Waals surface area contributed by atoms with Crippen LogP contribution in [0.5, 0.6) is 0 Å². The molecule has 0 radical (unpaired) electrons. The van der Waals surface area contributed by atoms with Crippen LogP contribution in [0.4, 0.5) is 0 Å². The van der Waals surface area contributed by atoms with Gasteiger partial charge in [0.25, 0.3) is 0 Å². The fraction of sp³-hybridized carbons (Fsp3) is 0.889. The van der Waals surface area contributed by atoms with Gasteiger partial charge in [-0.15, -0.1) is 11.6 Å². The van der Waals surface area contributed by atoms with Gasteiger partial charge in [0.1, 0.15) is 5.38 Å². The van der Waals surface area contributed by atoms with E-state index in [2.05, 4.69) is 5.32 Å². The molecule has 0 aromatic heterocycles. The van der Waals surface area contributed by atoms with E-state index in [-0.39, 0.29) is 18.1 Å². The Morgan fingerprint density at radius 3 is 2.85 bits per heavy atom. The minimum atomic E-state index is -0.460. The van der Waals surface area contributed by atoms with Gasteiger partial charge in [-0.3, -0.25) is 4.79 Å². The van der Waals surface area contributed by atoms with Crippen LogP contribution in [0.3, 0.4) is 0 Å². The molecular weight excluding hydrogens is 190 g/mol. The highest BCUT2D eigenvalue weighted by Crippen LogP contribution is 2.21. The molecule has 76 valence electrons. The lowest BCUT2D eigenvalue weighted by Gasteiger charge is -2.20. The van der Waals surface area contributed by atoms with Gasteiger partial charge in [-0.05, 0) is 26.2 Å². The molecule has 1 rings (SSSR count). The standard InChI is InChI=1S/C9H16ClNO2/c1-6(10)9(12)11-7-4-3-5-8(7)13-2/h6-8H,3-5H2,1-2H3,(H,11,12). The van der Waals surface area contributed by atoms with E-state index in [1.807, 2.05) is 0 Å². The number of hydrogen-bond donors (Lipinski definition) is 1. The maximum Gasteiger partial charge on any atom is 0.238 e. The van der Waals surface area contributed by atoms with Gasteiger partial charge < -0.3 is 10.1 Å². The number of carbonyl (C=O) groups is 1. The van der Waals surface area contributed by atoms with Crippen LogP contribution in [0, 0.1) is 0 Å². The summed E-state index contributed by atoms with van der Waals surface area (Å²) in [7, 11) is 1.68. The number of rotatable bonds is 3. The molecule has 0 aromatic rings. The molecule has 3 atom stereocenters. The fourth-order valence-corrected chi connectivity index (χ4v) is 1.73. The number of ether oxygens (including phenoxy) is 1. The molecule has 0 aliphatic heterocycles. The SMILES string of the molecule is COC1CCCC1NC(=O)C(C)Cl. The topological polar surface area (TPSA) is 38.3 Å². The molecule has 1 amide bonds. The third kappa shape index (κ3) is 2.85. The van der Waals surface area contributed by atoms with Crippen LogP contribution in [-0.4, -0.2) is 30.5 Å². The lowest BCUT2D eigenvalue weighted by atomic mass is 10.2. The molecule has 3 unspecified atom stereocenters. The molecule has 0 aromatic carbocycles. The predicted octanol–water partition coefficient (Wildman–Crippen LogP) is 1.30. The van der Waals surface area contributed by atoms with Crippen molar-refractivity contribution in [3.05, 3.63) is 0 Å². The number of nitrogens with one attached hydrogen (secondary N) is 1. The molecule has 1 saturated carbocycles. The summed E-state index contributed by atoms with van der Waals surface area (Å²) in [4.78, 5) is 11.3. The first-order valence-electron chi connectivity index (χ1n) is 4.62. The van der Waals surface area contributed by atoms with Gasteiger partial charge in [-0.1, -0.05) is 0 Å². The number of halogens is 1. The second-order valence-electron chi connectivity index (χ2n) is 3.44. The molecule has 0 bridgehead atoms. The Kier molecular flexibility index (Phi) is 4.00. The minimum absolute atomic E-state index is 0.101. The highest BCUT2D eigenvalue weighted by Gasteiger charge is 2.28. The van der Waals surface area contributed by atoms with E-state index in [1.54, 1.807) is 14.0 Å². The van der Waals surface area contributed by atoms with Gasteiger partial charge in [-0.2, -0.15) is 0 Å². The first-order chi connectivity index (χ1) is 6.15. The van der Waals surface area contributed by atoms with Gasteiger partial charge in [0.05, 0.1) is 12.1 Å². The summed E-state index contributed by atoms with van der Waals surface area (Å²) in [6.45, 7) is 1.67. The molecule has 1 N–H and O–H groups in total. The van der Waals surface area contributed by atoms with Crippen molar-refractivity contribution >= 4 is 17.5 Å². The quantitative estimate of drug-likeness (QED) is 0.706. The minimum Gasteiger partial charge on any atom is -0.379 e. The zero-order valence-electron chi connectivity index (χ0n) is 8.05. The van der Waals surface area contributed by atoms with Crippen LogP contribution in [0.2, 0.25) is 0 Å². The largest absolute Gasteiger partial charge is 0.379 e. The highest BCUT2D eigenvalue weighted by molar-refractivity contribution is 6.30. The van der Waals surface area contributed by atoms with E-state index in [4.69, 9.17) is 16.3 Å². The average Bonchev–Trinajstić information content (AvgIpc) is 2.51. The molecule has 0 spiro atoms. The van der Waals surface area contributed by atoms with Crippen LogP contribution >= 0.6 is 11.6 Å². The molecule has 13 heavy (non-hydrogen) atoms. The van der Waals surface area contributed by atoms with Gasteiger partial charge in [0.15, 0.2) is 0 Å². The zero-order chi connectivity index (χ0) is 9.84. The molecular formula is C9H16ClNO2. The Labute approximate surface area is 83.8 Å². The van der Waals surface area contributed by atoms with Crippen molar-refractivity contribution < 1.29 is 9.53 Å². The lowest BCUT2D eigenvalue weighted by molar-refractivity contribution is -0.121. The van der Waals surface area contributed by atoms with Crippen molar-refractivity contribution in [1.82, 2.24) is 5.32 Å². The van der Waals surface area contributed by atoms with Crippen molar-refractivity contribution in [2.75, 3.05) is 7.11 Å². The molecule has 4 heteroatoms. The van der Waals surface area contributed by atoms with Crippen molar-refractivity contribution in [2.45, 2.75) is 43.7 Å². The number of alkyl halides is 1. The summed E-state index contributed by atoms with van der Waals surface area (Å²) in [5.74, 6) is -0.101. The Morgan fingerprint density at radius 2 is 2.31 bits per heavy atom. The lowest BCUT2D eigenvalue weighted by Crippen LogP contribution is -2.43. The predicted molar refractivity (Wildman–Crippen MR) is 51.9 cm³/mol. The van der Waals surface area contributed by atoms with E-state index in [0.29, 0.717) is 0 Å². The third-order valence-electron chi connectivity index (χ3n) is 2.44. The first kappa shape index (κ1) is 10.8. The van der Waals surface area contributed by atoms with Crippen molar-refractivity contribution in [1.29, 1.82) is 0 Å². The van der Waals surface area contributed by atoms with Crippen LogP contribution in [0.25, 0.3) is 0 Å². The number of hydrogen-bond acceptors (Lipinski definition) is 2. The summed E-state index contributed by atoms with van der Waals surface area (Å²) in [5.41, 5.74) is 0. The summed E-state index contributed by atoms with van der Waals surface area (Å²) in [6, 6.07) is 0.152. The normalized spacial score (nSPS) is 30.1. The molecule has 1 aliphatic rings. The summed E-state index contributed by atoms with van der Waals surface area (Å²) >= 11 is 5.64. The summed E-state index contributed by atoms with van der Waals surface area (Å²) in [6.07, 6.45) is 3.30. The van der Waals surface area contributed by atoms with Crippen molar-refractivity contribution in [2.24, 2.45) is 0 Å². The number of amides is 1. The maximum absolute atomic E-state index is 11.3. The van der Waals surface area contributed by atoms with E-state index in [9.17, 15) is 4.79 Å². The second-order valence-corrected chi connectivity index (χ2v) is 4.09. The Morgan fingerprint density at radius 1 is 1.62 bits per heavy atom. The van der Waals surface area contributed by atoms with Crippen molar-refractivity contribution in [3.8, 4) is 0 Å². The summed E-state index contributed by atoms with van der Waals surface area (Å²) in [5, 5.41) is 2.42. The van der Waals surface area contributed by atoms with E-state index in [1.165, 1.54) is 0 Å². The zero-order valence-corrected chi connectivity index (χ0v) is 8.80. The Balaban J connectivity index is 2.39. The highest BCUT2D eigenvalue weighted by atomic mass is 35.5. The van der Waals surface area contributed by atoms with Crippen LogP contribution in [0.15, 0.2) is 0 Å². The number of methoxy groups -OCH3 is 1. The molecule has 0 heterocycles. The Hall–Kier alpha value is -0.280. The summed E-state index contributed by atoms with van der Waals surface area (Å²) < 4.78 is 5.25. The van der Waals surface area contributed by atoms with Crippen LogP contribution < -0.4 is 5.32 Å². The van der Waals surface area contributed by atoms with Crippen LogP contribution in [0.1, 0.15) is 26.2 Å². The molecule has 3 nitrogen and oxygen atoms in total. The monoisotopic (exact) mass is 205 g/mol. The fourth-order valence-electron chi connectivity index (χ4n) is 1.67. The van der Waals surface area contributed by atoms with E-state index in [0.717, 1.165) is 19.3 Å². The average molecular weight is 206 g/mol. The second kappa shape index (κ2) is 4.82. The van der Waals surface area contributed by atoms with Gasteiger partial charge >= 0.3 is 0 Å². The smallest absolute Gasteiger partial charge is 0.238 e. The van der Waals surface area contributed by atoms with E-state index >= 15 is 0 Å². The van der Waals surface area contributed by atoms with E-state index < -0.39 is 5.38 Å². The van der Waals surface area contributed by atoms with Gasteiger partial charge in [-0.25, -0.2) is 0 Å². The molecule has 1 aliphatic carbocycles. The van der Waals surface area contributed by atoms with Crippen LogP contribution in [-0.2, 0) is 9.53 Å².